The predicted octanol–water partition coefficient (Wildman–Crippen LogP) is 0.910. The van der Waals surface area contributed by atoms with E-state index in [9.17, 15) is 9.59 Å². The number of methoxy groups -OCH3 is 1. The summed E-state index contributed by atoms with van der Waals surface area (Å²) in [5.74, 6) is 0.856. The normalized spacial score (nSPS) is 37.3. The predicted molar refractivity (Wildman–Crippen MR) is 58.5 cm³/mol. The Morgan fingerprint density at radius 2 is 1.75 bits per heavy atom. The highest BCUT2D eigenvalue weighted by Gasteiger charge is 2.45. The van der Waals surface area contributed by atoms with Gasteiger partial charge < -0.3 is 9.64 Å². The van der Waals surface area contributed by atoms with Gasteiger partial charge in [-0.3, -0.25) is 9.59 Å². The number of nitrogens with zero attached hydrogens (tertiary/aromatic N) is 1. The van der Waals surface area contributed by atoms with Gasteiger partial charge in [-0.1, -0.05) is 13.8 Å². The van der Waals surface area contributed by atoms with Crippen molar-refractivity contribution in [1.29, 1.82) is 0 Å². The Morgan fingerprint density at radius 1 is 1.12 bits per heavy atom. The maximum atomic E-state index is 12.0. The second-order valence-corrected chi connectivity index (χ2v) is 5.17. The Bertz CT molecular complexity index is 315. The second-order valence-electron chi connectivity index (χ2n) is 5.17. The van der Waals surface area contributed by atoms with Crippen LogP contribution in [0, 0.1) is 23.7 Å². The van der Waals surface area contributed by atoms with Gasteiger partial charge in [-0.2, -0.15) is 0 Å². The number of ether oxygens (including phenoxy) is 1. The summed E-state index contributed by atoms with van der Waals surface area (Å²) in [5.41, 5.74) is 0. The van der Waals surface area contributed by atoms with E-state index >= 15 is 0 Å². The van der Waals surface area contributed by atoms with Crippen LogP contribution in [0.3, 0.4) is 0 Å². The molecule has 0 bridgehead atoms. The molecule has 1 saturated heterocycles. The van der Waals surface area contributed by atoms with Crippen LogP contribution in [0.25, 0.3) is 0 Å². The molecular formula is C12H19NO3. The first-order valence-electron chi connectivity index (χ1n) is 5.91. The summed E-state index contributed by atoms with van der Waals surface area (Å²) in [6.45, 7) is 5.34. The maximum Gasteiger partial charge on any atom is 0.310 e. The average Bonchev–Trinajstić information content (AvgIpc) is 2.86. The summed E-state index contributed by atoms with van der Waals surface area (Å²) in [4.78, 5) is 25.3. The highest BCUT2D eigenvalue weighted by Crippen LogP contribution is 2.40. The first-order valence-corrected chi connectivity index (χ1v) is 5.91. The molecule has 1 amide bonds. The lowest BCUT2D eigenvalue weighted by Crippen LogP contribution is -2.31. The zero-order chi connectivity index (χ0) is 11.9. The molecule has 1 aliphatic heterocycles. The minimum atomic E-state index is -0.188. The number of hydrogen-bond acceptors (Lipinski definition) is 3. The van der Waals surface area contributed by atoms with E-state index in [1.54, 1.807) is 0 Å². The third-order valence-electron chi connectivity index (χ3n) is 3.85. The molecule has 0 aromatic rings. The Hall–Kier alpha value is -1.06. The van der Waals surface area contributed by atoms with Crippen molar-refractivity contribution >= 4 is 11.9 Å². The number of rotatable bonds is 2. The number of amides is 1. The summed E-state index contributed by atoms with van der Waals surface area (Å²) in [6, 6.07) is 0. The lowest BCUT2D eigenvalue weighted by atomic mass is 9.99. The van der Waals surface area contributed by atoms with Crippen LogP contribution < -0.4 is 0 Å². The molecule has 2 rings (SSSR count). The molecule has 2 aliphatic rings. The summed E-state index contributed by atoms with van der Waals surface area (Å²) in [5, 5.41) is 0. The van der Waals surface area contributed by atoms with E-state index in [-0.39, 0.29) is 29.6 Å². The summed E-state index contributed by atoms with van der Waals surface area (Å²) in [6.07, 6.45) is 1.01. The van der Waals surface area contributed by atoms with Crippen molar-refractivity contribution in [3.63, 3.8) is 0 Å². The van der Waals surface area contributed by atoms with Gasteiger partial charge in [-0.25, -0.2) is 0 Å². The summed E-state index contributed by atoms with van der Waals surface area (Å²) < 4.78 is 4.75. The molecule has 90 valence electrons. The van der Waals surface area contributed by atoms with E-state index in [0.717, 1.165) is 6.42 Å². The smallest absolute Gasteiger partial charge is 0.310 e. The van der Waals surface area contributed by atoms with Crippen LogP contribution in [0.2, 0.25) is 0 Å². The second kappa shape index (κ2) is 4.07. The van der Waals surface area contributed by atoms with E-state index in [1.165, 1.54) is 7.11 Å². The summed E-state index contributed by atoms with van der Waals surface area (Å²) in [7, 11) is 1.41. The van der Waals surface area contributed by atoms with Crippen molar-refractivity contribution in [1.82, 2.24) is 4.90 Å². The van der Waals surface area contributed by atoms with Crippen molar-refractivity contribution in [2.75, 3.05) is 20.2 Å². The van der Waals surface area contributed by atoms with Crippen LogP contribution in [-0.2, 0) is 14.3 Å². The average molecular weight is 225 g/mol. The first kappa shape index (κ1) is 11.4. The van der Waals surface area contributed by atoms with Crippen molar-refractivity contribution in [2.45, 2.75) is 20.3 Å². The molecule has 0 aromatic carbocycles. The Kier molecular flexibility index (Phi) is 2.91. The van der Waals surface area contributed by atoms with Gasteiger partial charge in [0.15, 0.2) is 0 Å². The van der Waals surface area contributed by atoms with Crippen molar-refractivity contribution in [3.05, 3.63) is 0 Å². The van der Waals surface area contributed by atoms with Crippen LogP contribution in [-0.4, -0.2) is 37.0 Å². The van der Waals surface area contributed by atoms with Crippen LogP contribution in [0.5, 0.6) is 0 Å². The van der Waals surface area contributed by atoms with E-state index in [0.29, 0.717) is 19.0 Å². The first-order chi connectivity index (χ1) is 7.54. The van der Waals surface area contributed by atoms with E-state index in [4.69, 9.17) is 4.74 Å². The van der Waals surface area contributed by atoms with Gasteiger partial charge in [0.05, 0.1) is 13.0 Å². The molecule has 1 saturated carbocycles. The molecule has 16 heavy (non-hydrogen) atoms. The molecule has 4 atom stereocenters. The van der Waals surface area contributed by atoms with Gasteiger partial charge in [-0.15, -0.1) is 0 Å². The topological polar surface area (TPSA) is 46.6 Å². The SMILES string of the molecule is COC(=O)C1CN(C(=O)C2CC2C)CC1C. The zero-order valence-corrected chi connectivity index (χ0v) is 10.1. The maximum absolute atomic E-state index is 12.0. The van der Waals surface area contributed by atoms with Crippen molar-refractivity contribution in [3.8, 4) is 0 Å². The number of carbonyl (C=O) groups is 2. The molecule has 0 radical (unpaired) electrons. The van der Waals surface area contributed by atoms with Crippen LogP contribution in [0.1, 0.15) is 20.3 Å². The quantitative estimate of drug-likeness (QED) is 0.656. The lowest BCUT2D eigenvalue weighted by molar-refractivity contribution is -0.146. The zero-order valence-electron chi connectivity index (χ0n) is 10.1. The third-order valence-corrected chi connectivity index (χ3v) is 3.85. The van der Waals surface area contributed by atoms with Gasteiger partial charge >= 0.3 is 5.97 Å². The molecule has 1 aliphatic carbocycles. The Labute approximate surface area is 95.9 Å². The molecule has 0 N–H and O–H groups in total. The molecule has 4 nitrogen and oxygen atoms in total. The van der Waals surface area contributed by atoms with Crippen molar-refractivity contribution < 1.29 is 14.3 Å². The Morgan fingerprint density at radius 3 is 2.25 bits per heavy atom. The Balaban J connectivity index is 1.95. The van der Waals surface area contributed by atoms with Gasteiger partial charge in [-0.05, 0) is 18.3 Å². The third kappa shape index (κ3) is 1.93. The molecule has 4 unspecified atom stereocenters. The standard InChI is InChI=1S/C12H19NO3/c1-7-4-9(7)11(14)13-5-8(2)10(6-13)12(15)16-3/h7-10H,4-6H2,1-3H3. The fraction of sp³-hybridized carbons (Fsp3) is 0.833. The largest absolute Gasteiger partial charge is 0.469 e. The fourth-order valence-corrected chi connectivity index (χ4v) is 2.51. The molecule has 2 fully saturated rings. The minimum absolute atomic E-state index is 0.136. The van der Waals surface area contributed by atoms with Crippen LogP contribution in [0.15, 0.2) is 0 Å². The highest BCUT2D eigenvalue weighted by atomic mass is 16.5. The van der Waals surface area contributed by atoms with Gasteiger partial charge in [0.1, 0.15) is 0 Å². The number of likely N-dealkylation sites (tertiary alicyclic amines) is 1. The van der Waals surface area contributed by atoms with E-state index in [2.05, 4.69) is 6.92 Å². The molecule has 4 heteroatoms. The van der Waals surface area contributed by atoms with Gasteiger partial charge in [0.25, 0.3) is 0 Å². The number of carbonyl (C=O) groups excluding carboxylic acids is 2. The van der Waals surface area contributed by atoms with E-state index in [1.807, 2.05) is 11.8 Å². The van der Waals surface area contributed by atoms with Gasteiger partial charge in [0.2, 0.25) is 5.91 Å². The molecular weight excluding hydrogens is 206 g/mol. The highest BCUT2D eigenvalue weighted by molar-refractivity contribution is 5.83. The minimum Gasteiger partial charge on any atom is -0.469 e. The monoisotopic (exact) mass is 225 g/mol. The van der Waals surface area contributed by atoms with Crippen LogP contribution in [0.4, 0.5) is 0 Å². The lowest BCUT2D eigenvalue weighted by Gasteiger charge is -2.15. The van der Waals surface area contributed by atoms with Crippen molar-refractivity contribution in [2.24, 2.45) is 23.7 Å². The summed E-state index contributed by atoms with van der Waals surface area (Å²) >= 11 is 0. The molecule has 0 spiro atoms. The van der Waals surface area contributed by atoms with Gasteiger partial charge in [0, 0.05) is 19.0 Å². The number of esters is 1. The number of hydrogen-bond donors (Lipinski definition) is 0. The fourth-order valence-electron chi connectivity index (χ4n) is 2.51. The molecule has 0 aromatic heterocycles. The molecule has 1 heterocycles. The van der Waals surface area contributed by atoms with Crippen LogP contribution >= 0.6 is 0 Å². The van der Waals surface area contributed by atoms with E-state index < -0.39 is 0 Å².